The van der Waals surface area contributed by atoms with Gasteiger partial charge in [-0.1, -0.05) is 0 Å². The van der Waals surface area contributed by atoms with Gasteiger partial charge in [-0.2, -0.15) is 0 Å². The number of amidine groups is 1. The van der Waals surface area contributed by atoms with Gasteiger partial charge in [-0.25, -0.2) is 0 Å². The first kappa shape index (κ1) is 21.0. The van der Waals surface area contributed by atoms with Crippen LogP contribution in [0.5, 0.6) is 0 Å². The number of thioether (sulfide) groups is 1. The molecule has 0 spiro atoms. The molecule has 4 heterocycles. The van der Waals surface area contributed by atoms with Gasteiger partial charge in [0.25, 0.3) is 0 Å². The van der Waals surface area contributed by atoms with Gasteiger partial charge in [0.05, 0.1) is 0 Å². The number of nitrogens with two attached hydrogens (primary N) is 2. The summed E-state index contributed by atoms with van der Waals surface area (Å²) in [7, 11) is -2.69. The first-order valence-electron chi connectivity index (χ1n) is 9.67. The van der Waals surface area contributed by atoms with Crippen LogP contribution >= 0.6 is 19.9 Å². The zero-order valence-corrected chi connectivity index (χ0v) is 18.4. The number of para-hydroxylation sites is 1. The SMILES string of the molecule is COC1C(N2C3=C(NC2Sc2ccccc2N)C(N)=NCN3)OC2CO[PH](O)(O)O[C@H]21. The molecule has 8 N–H and O–H groups in total. The zero-order chi connectivity index (χ0) is 21.8. The Kier molecular flexibility index (Phi) is 5.39. The van der Waals surface area contributed by atoms with E-state index in [-0.39, 0.29) is 12.1 Å². The fraction of sp³-hybridized carbons (Fsp3) is 0.471. The number of hydrogen-bond acceptors (Lipinski definition) is 13. The Morgan fingerprint density at radius 2 is 2.13 bits per heavy atom. The average Bonchev–Trinajstić information content (AvgIpc) is 3.26. The molecule has 4 aliphatic heterocycles. The molecule has 14 heteroatoms. The Bertz CT molecular complexity index is 934. The molecule has 0 saturated carbocycles. The molecule has 4 unspecified atom stereocenters. The summed E-state index contributed by atoms with van der Waals surface area (Å²) in [6.45, 7) is 0.307. The summed E-state index contributed by atoms with van der Waals surface area (Å²) in [6, 6.07) is 7.55. The standard InChI is InChI=1S/C17H25N6O6PS/c1-26-13-12-9(6-27-30(24,25)29-12)28-16(13)23-15-11(14(19)20-7-21-15)22-17(23)31-10-5-3-2-4-8(10)18/h2-5,9,12-13,16-17,21-22,24-25,30H,6-7,18H2,1H3,(H2,19,20)/t9?,12-,13?,16?,17?/m1/s1. The van der Waals surface area contributed by atoms with Crippen LogP contribution in [0.2, 0.25) is 0 Å². The summed E-state index contributed by atoms with van der Waals surface area (Å²) in [5.41, 5.74) is 13.2. The number of fused-ring (bicyclic) bond motifs is 1. The van der Waals surface area contributed by atoms with Crippen LogP contribution in [-0.2, 0) is 18.5 Å². The van der Waals surface area contributed by atoms with Crippen molar-refractivity contribution in [2.45, 2.75) is 34.9 Å². The number of benzene rings is 1. The van der Waals surface area contributed by atoms with E-state index in [0.717, 1.165) is 4.90 Å². The van der Waals surface area contributed by atoms with Crippen molar-refractivity contribution in [3.8, 4) is 0 Å². The van der Waals surface area contributed by atoms with E-state index < -0.39 is 32.7 Å². The summed E-state index contributed by atoms with van der Waals surface area (Å²) in [5.74, 6) is 1.09. The van der Waals surface area contributed by atoms with Crippen molar-refractivity contribution in [3.63, 3.8) is 0 Å². The minimum absolute atomic E-state index is 0.00606. The van der Waals surface area contributed by atoms with Crippen molar-refractivity contribution >= 4 is 31.5 Å². The predicted molar refractivity (Wildman–Crippen MR) is 115 cm³/mol. The Hall–Kier alpha value is -1.83. The van der Waals surface area contributed by atoms with Crippen molar-refractivity contribution in [1.82, 2.24) is 15.5 Å². The number of nitrogen functional groups attached to an aromatic ring is 1. The summed E-state index contributed by atoms with van der Waals surface area (Å²) >= 11 is 1.49. The maximum absolute atomic E-state index is 9.93. The number of nitrogens with one attached hydrogen (secondary N) is 2. The molecule has 0 radical (unpaired) electrons. The number of rotatable bonds is 4. The second-order valence-corrected chi connectivity index (χ2v) is 10.1. The Balaban J connectivity index is 1.49. The molecule has 4 aliphatic rings. The monoisotopic (exact) mass is 472 g/mol. The average molecular weight is 472 g/mol. The topological polar surface area (TPSA) is 169 Å². The Labute approximate surface area is 183 Å². The van der Waals surface area contributed by atoms with Gasteiger partial charge in [0.15, 0.2) is 0 Å². The third-order valence-electron chi connectivity index (χ3n) is 5.48. The molecule has 0 bridgehead atoms. The van der Waals surface area contributed by atoms with Crippen LogP contribution in [-0.4, -0.2) is 70.9 Å². The van der Waals surface area contributed by atoms with Crippen LogP contribution in [0, 0.1) is 0 Å². The van der Waals surface area contributed by atoms with Gasteiger partial charge in [-0.05, 0) is 0 Å². The van der Waals surface area contributed by atoms with Gasteiger partial charge in [0, 0.05) is 0 Å². The second-order valence-electron chi connectivity index (χ2n) is 7.37. The molecular weight excluding hydrogens is 447 g/mol. The first-order chi connectivity index (χ1) is 14.9. The van der Waals surface area contributed by atoms with E-state index in [9.17, 15) is 9.79 Å². The second kappa shape index (κ2) is 7.94. The van der Waals surface area contributed by atoms with Crippen molar-refractivity contribution in [1.29, 1.82) is 0 Å². The number of methoxy groups -OCH3 is 1. The van der Waals surface area contributed by atoms with E-state index in [2.05, 4.69) is 15.6 Å². The Morgan fingerprint density at radius 3 is 2.90 bits per heavy atom. The minimum atomic E-state index is -4.22. The van der Waals surface area contributed by atoms with E-state index in [1.54, 1.807) is 0 Å². The molecule has 5 rings (SSSR count). The molecule has 0 aliphatic carbocycles. The van der Waals surface area contributed by atoms with Gasteiger partial charge in [0.2, 0.25) is 0 Å². The number of anilines is 1. The van der Waals surface area contributed by atoms with Crippen LogP contribution < -0.4 is 22.1 Å². The van der Waals surface area contributed by atoms with Crippen molar-refractivity contribution < 1.29 is 28.3 Å². The predicted octanol–water partition coefficient (Wildman–Crippen LogP) is -0.813. The number of hydrogen-bond donors (Lipinski definition) is 6. The normalized spacial score (nSPS) is 35.0. The van der Waals surface area contributed by atoms with E-state index in [4.69, 9.17) is 30.0 Å². The summed E-state index contributed by atoms with van der Waals surface area (Å²) < 4.78 is 22.5. The zero-order valence-electron chi connectivity index (χ0n) is 16.6. The molecule has 1 aromatic carbocycles. The van der Waals surface area contributed by atoms with Crippen molar-refractivity contribution in [2.75, 3.05) is 26.1 Å². The summed E-state index contributed by atoms with van der Waals surface area (Å²) in [5, 5.41) is 6.63. The molecule has 2 saturated heterocycles. The van der Waals surface area contributed by atoms with Gasteiger partial charge >= 0.3 is 183 Å². The Morgan fingerprint density at radius 1 is 1.32 bits per heavy atom. The number of ether oxygens (including phenoxy) is 2. The van der Waals surface area contributed by atoms with Crippen LogP contribution in [0.3, 0.4) is 0 Å². The van der Waals surface area contributed by atoms with E-state index in [1.165, 1.54) is 18.9 Å². The van der Waals surface area contributed by atoms with Crippen LogP contribution in [0.15, 0.2) is 45.7 Å². The molecule has 1 aromatic rings. The molecule has 0 amide bonds. The number of aliphatic imine (C=N–C) groups is 1. The molecule has 2 fully saturated rings. The van der Waals surface area contributed by atoms with Gasteiger partial charge in [0.1, 0.15) is 0 Å². The van der Waals surface area contributed by atoms with E-state index in [0.29, 0.717) is 29.7 Å². The van der Waals surface area contributed by atoms with Crippen LogP contribution in [0.1, 0.15) is 0 Å². The van der Waals surface area contributed by atoms with Crippen molar-refractivity contribution in [3.05, 3.63) is 35.8 Å². The van der Waals surface area contributed by atoms with Gasteiger partial charge in [-0.3, -0.25) is 0 Å². The molecule has 170 valence electrons. The maximum atomic E-state index is 9.93. The third-order valence-corrected chi connectivity index (χ3v) is 7.80. The van der Waals surface area contributed by atoms with Gasteiger partial charge in [-0.15, -0.1) is 0 Å². The molecule has 31 heavy (non-hydrogen) atoms. The van der Waals surface area contributed by atoms with E-state index >= 15 is 0 Å². The third kappa shape index (κ3) is 3.70. The summed E-state index contributed by atoms with van der Waals surface area (Å²) in [6.07, 6.45) is -2.47. The molecule has 12 nitrogen and oxygen atoms in total. The molecule has 0 aromatic heterocycles. The van der Waals surface area contributed by atoms with Crippen molar-refractivity contribution in [2.24, 2.45) is 10.7 Å². The van der Waals surface area contributed by atoms with Crippen LogP contribution in [0.25, 0.3) is 0 Å². The first-order valence-corrected chi connectivity index (χ1v) is 12.3. The molecular formula is C17H25N6O6PS. The fourth-order valence-corrected chi connectivity index (χ4v) is 6.28. The van der Waals surface area contributed by atoms with Crippen LogP contribution in [0.4, 0.5) is 5.69 Å². The molecule has 5 atom stereocenters. The summed E-state index contributed by atoms with van der Waals surface area (Å²) in [4.78, 5) is 26.9. The number of nitrogens with zero attached hydrogens (tertiary/aromatic N) is 2. The van der Waals surface area contributed by atoms with Gasteiger partial charge < -0.3 is 0 Å². The quantitative estimate of drug-likeness (QED) is 0.238. The van der Waals surface area contributed by atoms with E-state index in [1.807, 2.05) is 29.2 Å². The fourth-order valence-electron chi connectivity index (χ4n) is 4.08.